The van der Waals surface area contributed by atoms with Gasteiger partial charge in [-0.2, -0.15) is 4.98 Å². The van der Waals surface area contributed by atoms with Gasteiger partial charge in [-0.15, -0.1) is 6.58 Å². The van der Waals surface area contributed by atoms with Crippen molar-refractivity contribution in [2.75, 3.05) is 17.2 Å². The molecule has 0 unspecified atom stereocenters. The molecular weight excluding hydrogens is 264 g/mol. The second kappa shape index (κ2) is 6.65. The van der Waals surface area contributed by atoms with Crippen LogP contribution < -0.4 is 10.6 Å². The average molecular weight is 282 g/mol. The molecule has 1 heterocycles. The summed E-state index contributed by atoms with van der Waals surface area (Å²) >= 11 is 0. The molecule has 0 aliphatic carbocycles. The normalized spacial score (nSPS) is 10.0. The van der Waals surface area contributed by atoms with Gasteiger partial charge in [0.25, 0.3) is 0 Å². The zero-order chi connectivity index (χ0) is 15.2. The number of hydrogen-bond acceptors (Lipinski definition) is 5. The number of carbonyl (C=O) groups is 1. The Hall–Kier alpha value is -2.69. The lowest BCUT2D eigenvalue weighted by molar-refractivity contribution is 0.101. The number of Topliss-reactive ketones (excluding diaryl/α,β-unsaturated/α-hetero) is 1. The Balaban J connectivity index is 2.22. The highest BCUT2D eigenvalue weighted by atomic mass is 16.1. The van der Waals surface area contributed by atoms with E-state index in [1.165, 1.54) is 0 Å². The Morgan fingerprint density at radius 1 is 1.33 bits per heavy atom. The first kappa shape index (κ1) is 14.7. The van der Waals surface area contributed by atoms with Gasteiger partial charge in [0.2, 0.25) is 5.95 Å². The van der Waals surface area contributed by atoms with Crippen LogP contribution in [0.4, 0.5) is 17.5 Å². The van der Waals surface area contributed by atoms with E-state index < -0.39 is 0 Å². The van der Waals surface area contributed by atoms with Gasteiger partial charge in [0.1, 0.15) is 5.82 Å². The molecule has 2 rings (SSSR count). The van der Waals surface area contributed by atoms with Gasteiger partial charge in [-0.25, -0.2) is 4.98 Å². The molecule has 0 aliphatic rings. The van der Waals surface area contributed by atoms with Crippen LogP contribution in [0.5, 0.6) is 0 Å². The first-order valence-corrected chi connectivity index (χ1v) is 6.67. The summed E-state index contributed by atoms with van der Waals surface area (Å²) < 4.78 is 0. The molecule has 1 aromatic heterocycles. The maximum absolute atomic E-state index is 11.4. The predicted molar refractivity (Wildman–Crippen MR) is 85.2 cm³/mol. The topological polar surface area (TPSA) is 66.9 Å². The van der Waals surface area contributed by atoms with Crippen LogP contribution in [-0.4, -0.2) is 22.3 Å². The summed E-state index contributed by atoms with van der Waals surface area (Å²) in [6.07, 6.45) is 1.75. The summed E-state index contributed by atoms with van der Waals surface area (Å²) in [6, 6.07) is 9.16. The van der Waals surface area contributed by atoms with Crippen LogP contribution in [0.3, 0.4) is 0 Å². The molecule has 0 bridgehead atoms. The highest BCUT2D eigenvalue weighted by Gasteiger charge is 2.04. The zero-order valence-electron chi connectivity index (χ0n) is 12.2. The van der Waals surface area contributed by atoms with E-state index in [1.54, 1.807) is 25.1 Å². The molecule has 1 aromatic carbocycles. The highest BCUT2D eigenvalue weighted by molar-refractivity contribution is 5.95. The quantitative estimate of drug-likeness (QED) is 0.628. The fourth-order valence-electron chi connectivity index (χ4n) is 1.84. The summed E-state index contributed by atoms with van der Waals surface area (Å²) in [5, 5.41) is 6.24. The summed E-state index contributed by atoms with van der Waals surface area (Å²) in [5.41, 5.74) is 2.33. The lowest BCUT2D eigenvalue weighted by Gasteiger charge is -2.09. The number of carbonyl (C=O) groups excluding carboxylic acids is 1. The molecule has 0 spiro atoms. The summed E-state index contributed by atoms with van der Waals surface area (Å²) in [4.78, 5) is 20.1. The molecule has 2 N–H and O–H groups in total. The third-order valence-electron chi connectivity index (χ3n) is 2.80. The lowest BCUT2D eigenvalue weighted by Crippen LogP contribution is -2.06. The van der Waals surface area contributed by atoms with Crippen LogP contribution in [0.1, 0.15) is 23.0 Å². The van der Waals surface area contributed by atoms with E-state index in [2.05, 4.69) is 27.2 Å². The molecule has 0 amide bonds. The van der Waals surface area contributed by atoms with E-state index in [0.29, 0.717) is 23.9 Å². The molecule has 0 radical (unpaired) electrons. The van der Waals surface area contributed by atoms with Crippen molar-refractivity contribution in [3.63, 3.8) is 0 Å². The van der Waals surface area contributed by atoms with Crippen molar-refractivity contribution in [1.29, 1.82) is 0 Å². The van der Waals surface area contributed by atoms with Crippen LogP contribution in [0.2, 0.25) is 0 Å². The van der Waals surface area contributed by atoms with Crippen molar-refractivity contribution in [3.05, 3.63) is 54.2 Å². The number of anilines is 3. The van der Waals surface area contributed by atoms with Crippen molar-refractivity contribution in [2.24, 2.45) is 0 Å². The van der Waals surface area contributed by atoms with E-state index in [-0.39, 0.29) is 5.78 Å². The predicted octanol–water partition coefficient (Wildman–Crippen LogP) is 3.33. The molecule has 0 fully saturated rings. The second-order valence-corrected chi connectivity index (χ2v) is 4.65. The maximum atomic E-state index is 11.4. The average Bonchev–Trinajstić information content (AvgIpc) is 2.45. The van der Waals surface area contributed by atoms with Crippen molar-refractivity contribution in [1.82, 2.24) is 9.97 Å². The molecule has 5 nitrogen and oxygen atoms in total. The number of rotatable bonds is 6. The monoisotopic (exact) mass is 282 g/mol. The van der Waals surface area contributed by atoms with Crippen LogP contribution in [0.15, 0.2) is 43.0 Å². The molecule has 5 heteroatoms. The number of benzene rings is 1. The smallest absolute Gasteiger partial charge is 0.225 e. The minimum Gasteiger partial charge on any atom is -0.351 e. The van der Waals surface area contributed by atoms with Crippen LogP contribution >= 0.6 is 0 Å². The van der Waals surface area contributed by atoms with Crippen LogP contribution in [0.25, 0.3) is 0 Å². The van der Waals surface area contributed by atoms with Crippen molar-refractivity contribution in [3.8, 4) is 0 Å². The fraction of sp³-hybridized carbons (Fsp3) is 0.188. The third-order valence-corrected chi connectivity index (χ3v) is 2.80. The molecule has 21 heavy (non-hydrogen) atoms. The Labute approximate surface area is 124 Å². The van der Waals surface area contributed by atoms with E-state index in [9.17, 15) is 4.79 Å². The van der Waals surface area contributed by atoms with Gasteiger partial charge < -0.3 is 10.6 Å². The Morgan fingerprint density at radius 2 is 2.14 bits per heavy atom. The standard InChI is InChI=1S/C16H18N4O/c1-4-8-17-16-18-11(2)9-15(20-16)19-14-7-5-6-13(10-14)12(3)21/h4-7,9-10H,1,8H2,2-3H3,(H2,17,18,19,20). The van der Waals surface area contributed by atoms with Gasteiger partial charge >= 0.3 is 0 Å². The summed E-state index contributed by atoms with van der Waals surface area (Å²) in [7, 11) is 0. The zero-order valence-corrected chi connectivity index (χ0v) is 12.2. The van der Waals surface area contributed by atoms with Gasteiger partial charge in [-0.1, -0.05) is 18.2 Å². The van der Waals surface area contributed by atoms with E-state index >= 15 is 0 Å². The van der Waals surface area contributed by atoms with Crippen molar-refractivity contribution in [2.45, 2.75) is 13.8 Å². The van der Waals surface area contributed by atoms with Gasteiger partial charge in [0.05, 0.1) is 0 Å². The van der Waals surface area contributed by atoms with Crippen molar-refractivity contribution >= 4 is 23.2 Å². The minimum atomic E-state index is 0.0332. The van der Waals surface area contributed by atoms with Gasteiger partial charge in [-0.3, -0.25) is 4.79 Å². The van der Waals surface area contributed by atoms with E-state index in [0.717, 1.165) is 11.4 Å². The van der Waals surface area contributed by atoms with E-state index in [1.807, 2.05) is 25.1 Å². The fourth-order valence-corrected chi connectivity index (χ4v) is 1.84. The lowest BCUT2D eigenvalue weighted by atomic mass is 10.1. The number of nitrogens with zero attached hydrogens (tertiary/aromatic N) is 2. The number of nitrogens with one attached hydrogen (secondary N) is 2. The molecule has 0 saturated heterocycles. The van der Waals surface area contributed by atoms with Crippen LogP contribution in [0, 0.1) is 6.92 Å². The Kier molecular flexibility index (Phi) is 4.66. The molecular formula is C16H18N4O. The van der Waals surface area contributed by atoms with Crippen LogP contribution in [-0.2, 0) is 0 Å². The second-order valence-electron chi connectivity index (χ2n) is 4.65. The number of ketones is 1. The van der Waals surface area contributed by atoms with Gasteiger partial charge in [0, 0.05) is 29.6 Å². The first-order valence-electron chi connectivity index (χ1n) is 6.67. The van der Waals surface area contributed by atoms with Gasteiger partial charge in [-0.05, 0) is 26.0 Å². The van der Waals surface area contributed by atoms with Crippen molar-refractivity contribution < 1.29 is 4.79 Å². The molecule has 108 valence electrons. The number of aromatic nitrogens is 2. The van der Waals surface area contributed by atoms with E-state index in [4.69, 9.17) is 0 Å². The summed E-state index contributed by atoms with van der Waals surface area (Å²) in [5.74, 6) is 1.25. The molecule has 2 aromatic rings. The van der Waals surface area contributed by atoms with Gasteiger partial charge in [0.15, 0.2) is 5.78 Å². The maximum Gasteiger partial charge on any atom is 0.225 e. The summed E-state index contributed by atoms with van der Waals surface area (Å²) in [6.45, 7) is 7.70. The third kappa shape index (κ3) is 4.14. The SMILES string of the molecule is C=CCNc1nc(C)cc(Nc2cccc(C(C)=O)c2)n1. The largest absolute Gasteiger partial charge is 0.351 e. The molecule has 0 atom stereocenters. The highest BCUT2D eigenvalue weighted by Crippen LogP contribution is 2.18. The first-order chi connectivity index (χ1) is 10.1. The Morgan fingerprint density at radius 3 is 2.86 bits per heavy atom. The molecule has 0 aliphatic heterocycles. The number of aryl methyl sites for hydroxylation is 1. The number of hydrogen-bond donors (Lipinski definition) is 2. The molecule has 0 saturated carbocycles. The minimum absolute atomic E-state index is 0.0332. The Bertz CT molecular complexity index is 667.